The number of hydrogen-bond acceptors (Lipinski definition) is 2. The molecule has 126 valence electrons. The summed E-state index contributed by atoms with van der Waals surface area (Å²) in [7, 11) is 0. The van der Waals surface area contributed by atoms with Crippen LogP contribution in [0.4, 0.5) is 0 Å². The first kappa shape index (κ1) is 16.5. The largest absolute Gasteiger partial charge is 0.481 e. The first-order chi connectivity index (χ1) is 11.6. The van der Waals surface area contributed by atoms with Crippen LogP contribution in [0.3, 0.4) is 0 Å². The van der Waals surface area contributed by atoms with Crippen LogP contribution in [0.15, 0.2) is 42.5 Å². The van der Waals surface area contributed by atoms with Crippen LogP contribution in [0.5, 0.6) is 0 Å². The van der Waals surface area contributed by atoms with Crippen molar-refractivity contribution in [3.63, 3.8) is 0 Å². The summed E-state index contributed by atoms with van der Waals surface area (Å²) in [6, 6.07) is 14.4. The molecule has 0 radical (unpaired) electrons. The number of amides is 1. The van der Waals surface area contributed by atoms with E-state index in [1.807, 2.05) is 25.1 Å². The smallest absolute Gasteiger partial charge is 0.308 e. The summed E-state index contributed by atoms with van der Waals surface area (Å²) in [5, 5.41) is 14.4. The van der Waals surface area contributed by atoms with Gasteiger partial charge in [0.2, 0.25) is 5.91 Å². The van der Waals surface area contributed by atoms with Crippen LogP contribution in [-0.4, -0.2) is 23.5 Å². The quantitative estimate of drug-likeness (QED) is 0.818. The Bertz CT molecular complexity index is 750. The van der Waals surface area contributed by atoms with Crippen LogP contribution in [-0.2, 0) is 9.59 Å². The molecule has 24 heavy (non-hydrogen) atoms. The van der Waals surface area contributed by atoms with Crippen molar-refractivity contribution in [3.05, 3.63) is 48.0 Å². The minimum absolute atomic E-state index is 0.0183. The van der Waals surface area contributed by atoms with Crippen molar-refractivity contribution in [3.8, 4) is 0 Å². The van der Waals surface area contributed by atoms with Crippen LogP contribution in [0, 0.1) is 11.8 Å². The monoisotopic (exact) mass is 325 g/mol. The molecule has 1 fully saturated rings. The van der Waals surface area contributed by atoms with E-state index in [1.165, 1.54) is 16.3 Å². The molecule has 4 heteroatoms. The number of hydrogen-bond donors (Lipinski definition) is 2. The van der Waals surface area contributed by atoms with Crippen LogP contribution in [0.1, 0.15) is 37.7 Å². The zero-order valence-corrected chi connectivity index (χ0v) is 13.9. The lowest BCUT2D eigenvalue weighted by Gasteiger charge is -2.12. The highest BCUT2D eigenvalue weighted by atomic mass is 16.4. The van der Waals surface area contributed by atoms with Crippen molar-refractivity contribution in [2.24, 2.45) is 11.8 Å². The first-order valence-corrected chi connectivity index (χ1v) is 8.60. The van der Waals surface area contributed by atoms with E-state index in [4.69, 9.17) is 5.11 Å². The van der Waals surface area contributed by atoms with Crippen molar-refractivity contribution >= 4 is 22.6 Å². The summed E-state index contributed by atoms with van der Waals surface area (Å²) >= 11 is 0. The molecule has 2 N–H and O–H groups in total. The van der Waals surface area contributed by atoms with Gasteiger partial charge < -0.3 is 10.4 Å². The van der Waals surface area contributed by atoms with Gasteiger partial charge in [0, 0.05) is 12.5 Å². The van der Waals surface area contributed by atoms with Gasteiger partial charge in [-0.05, 0) is 35.1 Å². The predicted molar refractivity (Wildman–Crippen MR) is 93.8 cm³/mol. The molecular weight excluding hydrogens is 302 g/mol. The summed E-state index contributed by atoms with van der Waals surface area (Å²) in [4.78, 5) is 23.5. The van der Waals surface area contributed by atoms with Gasteiger partial charge >= 0.3 is 5.97 Å². The molecule has 2 aromatic carbocycles. The maximum atomic E-state index is 12.4. The molecule has 0 spiro atoms. The maximum absolute atomic E-state index is 12.4. The number of carboxylic acid groups (broad SMARTS) is 1. The minimum Gasteiger partial charge on any atom is -0.481 e. The number of rotatable bonds is 7. The third-order valence-electron chi connectivity index (χ3n) is 4.86. The lowest BCUT2D eigenvalue weighted by molar-refractivity contribution is -0.142. The zero-order chi connectivity index (χ0) is 17.1. The van der Waals surface area contributed by atoms with E-state index < -0.39 is 11.9 Å². The molecule has 1 aliphatic rings. The molecule has 4 nitrogen and oxygen atoms in total. The summed E-state index contributed by atoms with van der Waals surface area (Å²) in [6.45, 7) is 2.18. The first-order valence-electron chi connectivity index (χ1n) is 8.60. The van der Waals surface area contributed by atoms with Crippen molar-refractivity contribution < 1.29 is 14.7 Å². The molecule has 3 unspecified atom stereocenters. The fraction of sp³-hybridized carbons (Fsp3) is 0.400. The Kier molecular flexibility index (Phi) is 4.84. The Morgan fingerprint density at radius 2 is 1.96 bits per heavy atom. The van der Waals surface area contributed by atoms with E-state index >= 15 is 0 Å². The van der Waals surface area contributed by atoms with Crippen molar-refractivity contribution in [2.75, 3.05) is 6.54 Å². The number of fused-ring (bicyclic) bond motifs is 1. The van der Waals surface area contributed by atoms with Gasteiger partial charge in [-0.2, -0.15) is 0 Å². The normalized spacial score (nSPS) is 20.5. The van der Waals surface area contributed by atoms with Crippen molar-refractivity contribution in [1.82, 2.24) is 5.32 Å². The average Bonchev–Trinajstić information content (AvgIpc) is 3.38. The molecule has 1 amide bonds. The molecule has 0 heterocycles. The molecule has 0 bridgehead atoms. The van der Waals surface area contributed by atoms with Gasteiger partial charge in [-0.15, -0.1) is 0 Å². The molecule has 0 aliphatic heterocycles. The second-order valence-electron chi connectivity index (χ2n) is 6.59. The third kappa shape index (κ3) is 3.42. The van der Waals surface area contributed by atoms with E-state index in [1.54, 1.807) is 0 Å². The molecule has 1 saturated carbocycles. The molecule has 0 aromatic heterocycles. The number of aliphatic carboxylic acids is 1. The Morgan fingerprint density at radius 3 is 2.71 bits per heavy atom. The van der Waals surface area contributed by atoms with Crippen molar-refractivity contribution in [2.45, 2.75) is 32.1 Å². The zero-order valence-electron chi connectivity index (χ0n) is 13.9. The highest BCUT2D eigenvalue weighted by Gasteiger charge is 2.44. The van der Waals surface area contributed by atoms with Gasteiger partial charge in [-0.3, -0.25) is 9.59 Å². The number of nitrogens with one attached hydrogen (secondary N) is 1. The van der Waals surface area contributed by atoms with Crippen molar-refractivity contribution in [1.29, 1.82) is 0 Å². The third-order valence-corrected chi connectivity index (χ3v) is 4.86. The fourth-order valence-electron chi connectivity index (χ4n) is 3.42. The second-order valence-corrected chi connectivity index (χ2v) is 6.59. The Morgan fingerprint density at radius 1 is 1.21 bits per heavy atom. The molecule has 2 aromatic rings. The summed E-state index contributed by atoms with van der Waals surface area (Å²) in [5.41, 5.74) is 1.22. The van der Waals surface area contributed by atoms with Gasteiger partial charge in [0.1, 0.15) is 0 Å². The lowest BCUT2D eigenvalue weighted by atomic mass is 10.00. The number of carbonyl (C=O) groups excluding carboxylic acids is 1. The fourth-order valence-corrected chi connectivity index (χ4v) is 3.42. The van der Waals surface area contributed by atoms with Gasteiger partial charge in [0.15, 0.2) is 0 Å². The maximum Gasteiger partial charge on any atom is 0.308 e. The average molecular weight is 325 g/mol. The van der Waals surface area contributed by atoms with Crippen LogP contribution >= 0.6 is 0 Å². The molecule has 3 rings (SSSR count). The van der Waals surface area contributed by atoms with E-state index in [0.717, 1.165) is 12.8 Å². The molecular formula is C20H23NO3. The topological polar surface area (TPSA) is 66.4 Å². The number of benzene rings is 2. The molecule has 0 saturated heterocycles. The Balaban J connectivity index is 1.64. The highest BCUT2D eigenvalue weighted by molar-refractivity contribution is 5.89. The second kappa shape index (κ2) is 7.04. The standard InChI is InChI=1S/C20H23NO3/c1-2-6-14(20(23)24)12-21-19(22)18-11-17(18)16-10-5-8-13-7-3-4-9-15(13)16/h3-5,7-10,14,17-18H,2,6,11-12H2,1H3,(H,21,22)(H,23,24). The summed E-state index contributed by atoms with van der Waals surface area (Å²) < 4.78 is 0. The number of carbonyl (C=O) groups is 2. The van der Waals surface area contributed by atoms with Gasteiger partial charge in [0.25, 0.3) is 0 Å². The van der Waals surface area contributed by atoms with Gasteiger partial charge in [-0.1, -0.05) is 55.8 Å². The van der Waals surface area contributed by atoms with Crippen LogP contribution < -0.4 is 5.32 Å². The van der Waals surface area contributed by atoms with E-state index in [0.29, 0.717) is 6.42 Å². The Labute approximate surface area is 141 Å². The summed E-state index contributed by atoms with van der Waals surface area (Å²) in [5.74, 6) is -1.14. The minimum atomic E-state index is -0.835. The van der Waals surface area contributed by atoms with E-state index in [-0.39, 0.29) is 24.3 Å². The van der Waals surface area contributed by atoms with Gasteiger partial charge in [0.05, 0.1) is 5.92 Å². The summed E-state index contributed by atoms with van der Waals surface area (Å²) in [6.07, 6.45) is 2.23. The van der Waals surface area contributed by atoms with Gasteiger partial charge in [-0.25, -0.2) is 0 Å². The highest BCUT2D eigenvalue weighted by Crippen LogP contribution is 2.49. The molecule has 1 aliphatic carbocycles. The molecule has 3 atom stereocenters. The SMILES string of the molecule is CCCC(CNC(=O)C1CC1c1cccc2ccccc12)C(=O)O. The van der Waals surface area contributed by atoms with Crippen LogP contribution in [0.25, 0.3) is 10.8 Å². The predicted octanol–water partition coefficient (Wildman–Crippen LogP) is 3.56. The lowest BCUT2D eigenvalue weighted by Crippen LogP contribution is -2.34. The Hall–Kier alpha value is -2.36. The van der Waals surface area contributed by atoms with E-state index in [9.17, 15) is 9.59 Å². The van der Waals surface area contributed by atoms with E-state index in [2.05, 4.69) is 29.6 Å². The number of carboxylic acids is 1. The van der Waals surface area contributed by atoms with Crippen LogP contribution in [0.2, 0.25) is 0 Å².